The Bertz CT molecular complexity index is 344. The van der Waals surface area contributed by atoms with E-state index < -0.39 is 0 Å². The molecule has 2 aliphatic rings. The maximum Gasteiger partial charge on any atom is 0.168 e. The van der Waals surface area contributed by atoms with Crippen molar-refractivity contribution < 1.29 is 9.47 Å². The maximum atomic E-state index is 5.87. The van der Waals surface area contributed by atoms with Gasteiger partial charge in [-0.1, -0.05) is 30.3 Å². The van der Waals surface area contributed by atoms with Crippen LogP contribution in [0, 0.1) is 0 Å². The van der Waals surface area contributed by atoms with Crippen molar-refractivity contribution >= 4 is 0 Å². The molecule has 1 aliphatic heterocycles. The highest BCUT2D eigenvalue weighted by Gasteiger charge is 2.38. The molecule has 2 fully saturated rings. The molecule has 17 heavy (non-hydrogen) atoms. The topological polar surface area (TPSA) is 18.5 Å². The molecule has 0 N–H and O–H groups in total. The Morgan fingerprint density at radius 3 is 2.24 bits per heavy atom. The summed E-state index contributed by atoms with van der Waals surface area (Å²) in [5.74, 6) is 0.458. The molecule has 92 valence electrons. The lowest BCUT2D eigenvalue weighted by molar-refractivity contribution is -0.281. The fourth-order valence-corrected chi connectivity index (χ4v) is 3.02. The Hall–Kier alpha value is -0.860. The predicted octanol–water partition coefficient (Wildman–Crippen LogP) is 3.48. The van der Waals surface area contributed by atoms with Gasteiger partial charge in [0.25, 0.3) is 0 Å². The minimum atomic E-state index is -0.233. The molecule has 1 saturated heterocycles. The third-order valence-electron chi connectivity index (χ3n) is 4.04. The van der Waals surface area contributed by atoms with Crippen molar-refractivity contribution in [3.63, 3.8) is 0 Å². The average Bonchev–Trinajstić information content (AvgIpc) is 2.42. The van der Waals surface area contributed by atoms with Crippen molar-refractivity contribution in [2.24, 2.45) is 0 Å². The van der Waals surface area contributed by atoms with Gasteiger partial charge in [0.15, 0.2) is 5.79 Å². The van der Waals surface area contributed by atoms with Gasteiger partial charge in [0.1, 0.15) is 0 Å². The summed E-state index contributed by atoms with van der Waals surface area (Å²) in [6.07, 6.45) is 5.51. The van der Waals surface area contributed by atoms with E-state index in [2.05, 4.69) is 30.3 Å². The third kappa shape index (κ3) is 2.38. The van der Waals surface area contributed by atoms with E-state index in [0.717, 1.165) is 32.5 Å². The van der Waals surface area contributed by atoms with Crippen LogP contribution in [0.3, 0.4) is 0 Å². The van der Waals surface area contributed by atoms with Crippen molar-refractivity contribution in [2.45, 2.75) is 43.8 Å². The average molecular weight is 232 g/mol. The summed E-state index contributed by atoms with van der Waals surface area (Å²) in [6.45, 7) is 1.74. The smallest absolute Gasteiger partial charge is 0.168 e. The van der Waals surface area contributed by atoms with Gasteiger partial charge in [0.2, 0.25) is 0 Å². The minimum Gasteiger partial charge on any atom is -0.350 e. The van der Waals surface area contributed by atoms with E-state index in [-0.39, 0.29) is 5.79 Å². The van der Waals surface area contributed by atoms with Crippen LogP contribution in [-0.2, 0) is 9.47 Å². The highest BCUT2D eigenvalue weighted by molar-refractivity contribution is 5.20. The lowest BCUT2D eigenvalue weighted by atomic mass is 9.81. The van der Waals surface area contributed by atoms with Crippen LogP contribution in [0.25, 0.3) is 0 Å². The molecule has 1 aliphatic carbocycles. The number of ether oxygens (including phenoxy) is 2. The van der Waals surface area contributed by atoms with Gasteiger partial charge in [-0.2, -0.15) is 0 Å². The molecule has 0 aromatic heterocycles. The first-order valence-electron chi connectivity index (χ1n) is 6.71. The van der Waals surface area contributed by atoms with Crippen LogP contribution in [0.2, 0.25) is 0 Å². The quantitative estimate of drug-likeness (QED) is 0.738. The second-order valence-electron chi connectivity index (χ2n) is 5.15. The van der Waals surface area contributed by atoms with E-state index in [0.29, 0.717) is 5.92 Å². The van der Waals surface area contributed by atoms with Crippen molar-refractivity contribution in [2.75, 3.05) is 13.2 Å². The molecule has 1 heterocycles. The molecule has 1 spiro atoms. The van der Waals surface area contributed by atoms with Gasteiger partial charge >= 0.3 is 0 Å². The standard InChI is InChI=1S/C15H20O2/c1-2-5-13(6-3-1)14-7-9-15(10-8-14)16-11-4-12-17-15/h1-3,5-6,14H,4,7-12H2. The van der Waals surface area contributed by atoms with Crippen LogP contribution < -0.4 is 0 Å². The van der Waals surface area contributed by atoms with Crippen LogP contribution in [-0.4, -0.2) is 19.0 Å². The zero-order valence-electron chi connectivity index (χ0n) is 10.2. The number of hydrogen-bond donors (Lipinski definition) is 0. The second-order valence-corrected chi connectivity index (χ2v) is 5.15. The van der Waals surface area contributed by atoms with Crippen molar-refractivity contribution in [1.29, 1.82) is 0 Å². The molecule has 1 saturated carbocycles. The Kier molecular flexibility index (Phi) is 3.17. The largest absolute Gasteiger partial charge is 0.350 e. The molecule has 2 nitrogen and oxygen atoms in total. The molecule has 0 bridgehead atoms. The fraction of sp³-hybridized carbons (Fsp3) is 0.600. The Balaban J connectivity index is 1.64. The highest BCUT2D eigenvalue weighted by atomic mass is 16.7. The molecule has 0 amide bonds. The van der Waals surface area contributed by atoms with Crippen LogP contribution >= 0.6 is 0 Å². The molecule has 2 heteroatoms. The van der Waals surface area contributed by atoms with Crippen LogP contribution in [0.15, 0.2) is 30.3 Å². The van der Waals surface area contributed by atoms with Gasteiger partial charge in [0.05, 0.1) is 13.2 Å². The highest BCUT2D eigenvalue weighted by Crippen LogP contribution is 2.41. The summed E-state index contributed by atoms with van der Waals surface area (Å²) in [6, 6.07) is 10.8. The second kappa shape index (κ2) is 4.79. The minimum absolute atomic E-state index is 0.233. The normalized spacial score (nSPS) is 24.9. The lowest BCUT2D eigenvalue weighted by Gasteiger charge is -2.42. The SMILES string of the molecule is c1ccc(C2CCC3(CC2)OCCCO3)cc1. The summed E-state index contributed by atoms with van der Waals surface area (Å²) in [7, 11) is 0. The van der Waals surface area contributed by atoms with E-state index in [1.54, 1.807) is 0 Å². The van der Waals surface area contributed by atoms with Crippen molar-refractivity contribution in [3.8, 4) is 0 Å². The summed E-state index contributed by atoms with van der Waals surface area (Å²) >= 11 is 0. The van der Waals surface area contributed by atoms with E-state index in [4.69, 9.17) is 9.47 Å². The molecular formula is C15H20O2. The van der Waals surface area contributed by atoms with Gasteiger partial charge in [-0.3, -0.25) is 0 Å². The van der Waals surface area contributed by atoms with E-state index in [9.17, 15) is 0 Å². The van der Waals surface area contributed by atoms with Gasteiger partial charge in [-0.05, 0) is 30.7 Å². The number of benzene rings is 1. The summed E-state index contributed by atoms with van der Waals surface area (Å²) < 4.78 is 11.7. The Morgan fingerprint density at radius 2 is 1.59 bits per heavy atom. The fourth-order valence-electron chi connectivity index (χ4n) is 3.02. The van der Waals surface area contributed by atoms with Gasteiger partial charge in [-0.15, -0.1) is 0 Å². The van der Waals surface area contributed by atoms with E-state index in [1.807, 2.05) is 0 Å². The molecule has 0 atom stereocenters. The molecular weight excluding hydrogens is 212 g/mol. The lowest BCUT2D eigenvalue weighted by Crippen LogP contribution is -2.43. The van der Waals surface area contributed by atoms with E-state index >= 15 is 0 Å². The number of hydrogen-bond acceptors (Lipinski definition) is 2. The van der Waals surface area contributed by atoms with Gasteiger partial charge < -0.3 is 9.47 Å². The summed E-state index contributed by atoms with van der Waals surface area (Å²) in [4.78, 5) is 0. The molecule has 3 rings (SSSR count). The Morgan fingerprint density at radius 1 is 0.941 bits per heavy atom. The van der Waals surface area contributed by atoms with Gasteiger partial charge in [0, 0.05) is 12.8 Å². The van der Waals surface area contributed by atoms with E-state index in [1.165, 1.54) is 18.4 Å². The Labute approximate surface area is 103 Å². The van der Waals surface area contributed by atoms with Gasteiger partial charge in [-0.25, -0.2) is 0 Å². The first kappa shape index (κ1) is 11.2. The molecule has 0 unspecified atom stereocenters. The summed E-state index contributed by atoms with van der Waals surface area (Å²) in [5.41, 5.74) is 1.47. The van der Waals surface area contributed by atoms with Crippen LogP contribution in [0.4, 0.5) is 0 Å². The first-order chi connectivity index (χ1) is 8.38. The third-order valence-corrected chi connectivity index (χ3v) is 4.04. The van der Waals surface area contributed by atoms with Crippen LogP contribution in [0.1, 0.15) is 43.6 Å². The monoisotopic (exact) mass is 232 g/mol. The van der Waals surface area contributed by atoms with Crippen molar-refractivity contribution in [3.05, 3.63) is 35.9 Å². The molecule has 0 radical (unpaired) electrons. The first-order valence-corrected chi connectivity index (χ1v) is 6.71. The molecule has 1 aromatic rings. The van der Waals surface area contributed by atoms with Crippen molar-refractivity contribution in [1.82, 2.24) is 0 Å². The predicted molar refractivity (Wildman–Crippen MR) is 66.9 cm³/mol. The maximum absolute atomic E-state index is 5.87. The number of rotatable bonds is 1. The zero-order chi connectivity index (χ0) is 11.6. The zero-order valence-corrected chi connectivity index (χ0v) is 10.2. The van der Waals surface area contributed by atoms with Crippen LogP contribution in [0.5, 0.6) is 0 Å². The molecule has 1 aromatic carbocycles. The summed E-state index contributed by atoms with van der Waals surface area (Å²) in [5, 5.41) is 0.